The molecule has 0 aromatic carbocycles. The Morgan fingerprint density at radius 1 is 1.31 bits per heavy atom. The van der Waals surface area contributed by atoms with Gasteiger partial charge >= 0.3 is 6.09 Å². The van der Waals surface area contributed by atoms with Crippen LogP contribution < -0.4 is 19.7 Å². The van der Waals surface area contributed by atoms with Crippen molar-refractivity contribution in [1.29, 1.82) is 0 Å². The summed E-state index contributed by atoms with van der Waals surface area (Å²) in [7, 11) is 0. The highest BCUT2D eigenvalue weighted by Gasteiger charge is 2.23. The number of rotatable bonds is 8. The van der Waals surface area contributed by atoms with Crippen LogP contribution in [0.2, 0.25) is 0 Å². The van der Waals surface area contributed by atoms with E-state index in [1.54, 1.807) is 0 Å². The molecule has 2 aliphatic rings. The molecule has 0 radical (unpaired) electrons. The number of carbonyl (C=O) groups is 1. The van der Waals surface area contributed by atoms with E-state index in [0.717, 1.165) is 38.2 Å². The van der Waals surface area contributed by atoms with E-state index in [1.165, 1.54) is 25.5 Å². The maximum absolute atomic E-state index is 11.9. The third kappa shape index (κ3) is 5.22. The third-order valence-corrected chi connectivity index (χ3v) is 4.97. The van der Waals surface area contributed by atoms with Crippen LogP contribution in [0.3, 0.4) is 0 Å². The van der Waals surface area contributed by atoms with E-state index in [0.29, 0.717) is 30.9 Å². The van der Waals surface area contributed by atoms with Crippen molar-refractivity contribution >= 4 is 11.9 Å². The minimum atomic E-state index is -0.501. The van der Waals surface area contributed by atoms with Crippen LogP contribution in [0, 0.1) is 11.8 Å². The number of amides is 1. The molecule has 3 rings (SSSR count). The zero-order valence-corrected chi connectivity index (χ0v) is 15.9. The first-order valence-electron chi connectivity index (χ1n) is 9.82. The summed E-state index contributed by atoms with van der Waals surface area (Å²) < 4.78 is 11.2. The third-order valence-electron chi connectivity index (χ3n) is 4.97. The maximum atomic E-state index is 11.9. The molecule has 1 N–H and O–H groups in total. The molecule has 2 fully saturated rings. The van der Waals surface area contributed by atoms with E-state index in [9.17, 15) is 4.79 Å². The Bertz CT molecular complexity index is 598. The minimum Gasteiger partial charge on any atom is -0.475 e. The van der Waals surface area contributed by atoms with Gasteiger partial charge in [0.25, 0.3) is 5.88 Å². The molecule has 26 heavy (non-hydrogen) atoms. The first-order valence-corrected chi connectivity index (χ1v) is 9.82. The molecule has 0 bridgehead atoms. The summed E-state index contributed by atoms with van der Waals surface area (Å²) in [5, 5.41) is 2.74. The molecule has 7 nitrogen and oxygen atoms in total. The lowest BCUT2D eigenvalue weighted by molar-refractivity contribution is 0.173. The van der Waals surface area contributed by atoms with Gasteiger partial charge in [-0.3, -0.25) is 0 Å². The molecule has 0 unspecified atom stereocenters. The Morgan fingerprint density at radius 3 is 2.73 bits per heavy atom. The molecule has 7 heteroatoms. The van der Waals surface area contributed by atoms with E-state index in [-0.39, 0.29) is 5.88 Å². The first-order chi connectivity index (χ1) is 12.6. The van der Waals surface area contributed by atoms with E-state index >= 15 is 0 Å². The summed E-state index contributed by atoms with van der Waals surface area (Å²) >= 11 is 0. The van der Waals surface area contributed by atoms with E-state index in [1.807, 2.05) is 0 Å². The molecule has 144 valence electrons. The molecule has 1 saturated heterocycles. The standard InChI is InChI=1S/C19H30N4O3/c1-14(2)8-9-20-19(24)26-16-12-21-17(23-10-3-4-11-23)18(22-16)25-13-15-6-5-7-15/h12,14-15H,3-11,13H2,1-2H3,(H,20,24). The molecule has 2 heterocycles. The number of nitrogens with one attached hydrogen (secondary N) is 1. The number of anilines is 1. The van der Waals surface area contributed by atoms with Gasteiger partial charge in [0, 0.05) is 19.6 Å². The van der Waals surface area contributed by atoms with Crippen LogP contribution in [0.4, 0.5) is 10.6 Å². The topological polar surface area (TPSA) is 76.6 Å². The summed E-state index contributed by atoms with van der Waals surface area (Å²) in [5.41, 5.74) is 0. The van der Waals surface area contributed by atoms with Crippen molar-refractivity contribution in [3.8, 4) is 11.8 Å². The molecule has 1 aliphatic carbocycles. The quantitative estimate of drug-likeness (QED) is 0.764. The van der Waals surface area contributed by atoms with Crippen LogP contribution in [-0.2, 0) is 0 Å². The Labute approximate surface area is 155 Å². The van der Waals surface area contributed by atoms with E-state index in [2.05, 4.69) is 34.0 Å². The van der Waals surface area contributed by atoms with Crippen LogP contribution in [0.1, 0.15) is 52.4 Å². The van der Waals surface area contributed by atoms with Crippen molar-refractivity contribution in [2.24, 2.45) is 11.8 Å². The van der Waals surface area contributed by atoms with Gasteiger partial charge in [-0.25, -0.2) is 9.78 Å². The molecule has 1 amide bonds. The van der Waals surface area contributed by atoms with Crippen molar-refractivity contribution in [3.05, 3.63) is 6.20 Å². The maximum Gasteiger partial charge on any atom is 0.413 e. The van der Waals surface area contributed by atoms with Gasteiger partial charge in [-0.2, -0.15) is 4.98 Å². The predicted molar refractivity (Wildman–Crippen MR) is 99.8 cm³/mol. The van der Waals surface area contributed by atoms with Crippen molar-refractivity contribution in [3.63, 3.8) is 0 Å². The fourth-order valence-corrected chi connectivity index (χ4v) is 3.09. The van der Waals surface area contributed by atoms with Crippen LogP contribution in [-0.4, -0.2) is 42.3 Å². The summed E-state index contributed by atoms with van der Waals surface area (Å²) in [4.78, 5) is 23.0. The molecule has 0 spiro atoms. The zero-order chi connectivity index (χ0) is 18.4. The van der Waals surface area contributed by atoms with E-state index in [4.69, 9.17) is 9.47 Å². The highest BCUT2D eigenvalue weighted by atomic mass is 16.6. The molecular formula is C19H30N4O3. The second kappa shape index (κ2) is 9.05. The van der Waals surface area contributed by atoms with Gasteiger partial charge in [0.15, 0.2) is 5.82 Å². The normalized spacial score (nSPS) is 17.3. The first kappa shape index (κ1) is 18.7. The summed E-state index contributed by atoms with van der Waals surface area (Å²) in [5.74, 6) is 2.55. The van der Waals surface area contributed by atoms with E-state index < -0.39 is 6.09 Å². The van der Waals surface area contributed by atoms with Crippen molar-refractivity contribution < 1.29 is 14.3 Å². The molecule has 1 saturated carbocycles. The Hall–Kier alpha value is -2.05. The van der Waals surface area contributed by atoms with Crippen LogP contribution in [0.15, 0.2) is 6.20 Å². The fraction of sp³-hybridized carbons (Fsp3) is 0.737. The van der Waals surface area contributed by atoms with Crippen LogP contribution in [0.5, 0.6) is 11.8 Å². The highest BCUT2D eigenvalue weighted by Crippen LogP contribution is 2.31. The van der Waals surface area contributed by atoms with Crippen molar-refractivity contribution in [1.82, 2.24) is 15.3 Å². The van der Waals surface area contributed by atoms with Gasteiger partial charge in [0.05, 0.1) is 12.8 Å². The molecule has 1 aromatic heterocycles. The smallest absolute Gasteiger partial charge is 0.413 e. The second-order valence-corrected chi connectivity index (χ2v) is 7.64. The summed E-state index contributed by atoms with van der Waals surface area (Å²) in [6, 6.07) is 0. The molecule has 1 aromatic rings. The highest BCUT2D eigenvalue weighted by molar-refractivity contribution is 5.69. The lowest BCUT2D eigenvalue weighted by Crippen LogP contribution is -2.29. The van der Waals surface area contributed by atoms with Gasteiger partial charge in [0.1, 0.15) is 0 Å². The van der Waals surface area contributed by atoms with Crippen LogP contribution >= 0.6 is 0 Å². The molecule has 0 atom stereocenters. The second-order valence-electron chi connectivity index (χ2n) is 7.64. The summed E-state index contributed by atoms with van der Waals surface area (Å²) in [6.07, 6.45) is 7.91. The lowest BCUT2D eigenvalue weighted by atomic mass is 9.86. The Morgan fingerprint density at radius 2 is 2.08 bits per heavy atom. The number of carbonyl (C=O) groups excluding carboxylic acids is 1. The van der Waals surface area contributed by atoms with Crippen molar-refractivity contribution in [2.45, 2.75) is 52.4 Å². The average molecular weight is 362 g/mol. The van der Waals surface area contributed by atoms with Crippen LogP contribution in [0.25, 0.3) is 0 Å². The number of hydrogen-bond acceptors (Lipinski definition) is 6. The largest absolute Gasteiger partial charge is 0.475 e. The Balaban J connectivity index is 1.62. The number of ether oxygens (including phenoxy) is 2. The fourth-order valence-electron chi connectivity index (χ4n) is 3.09. The number of aromatic nitrogens is 2. The zero-order valence-electron chi connectivity index (χ0n) is 15.9. The Kier molecular flexibility index (Phi) is 6.52. The lowest BCUT2D eigenvalue weighted by Gasteiger charge is -2.26. The molecular weight excluding hydrogens is 332 g/mol. The summed E-state index contributed by atoms with van der Waals surface area (Å²) in [6.45, 7) is 7.39. The number of nitrogens with zero attached hydrogens (tertiary/aromatic N) is 3. The van der Waals surface area contributed by atoms with Gasteiger partial charge in [-0.05, 0) is 43.9 Å². The monoisotopic (exact) mass is 362 g/mol. The number of hydrogen-bond donors (Lipinski definition) is 1. The predicted octanol–water partition coefficient (Wildman–Crippen LogP) is 3.39. The SMILES string of the molecule is CC(C)CCNC(=O)Oc1cnc(N2CCCC2)c(OCC2CCC2)n1. The van der Waals surface area contributed by atoms with Crippen molar-refractivity contribution in [2.75, 3.05) is 31.1 Å². The van der Waals surface area contributed by atoms with Gasteiger partial charge in [0.2, 0.25) is 5.88 Å². The average Bonchev–Trinajstić information content (AvgIpc) is 3.07. The minimum absolute atomic E-state index is 0.179. The van der Waals surface area contributed by atoms with Gasteiger partial charge in [-0.15, -0.1) is 0 Å². The molecule has 1 aliphatic heterocycles. The van der Waals surface area contributed by atoms with Gasteiger partial charge < -0.3 is 19.7 Å². The van der Waals surface area contributed by atoms with Gasteiger partial charge in [-0.1, -0.05) is 20.3 Å².